The molecule has 0 aliphatic carbocycles. The monoisotopic (exact) mass is 601 g/mol. The molecule has 1 aliphatic rings. The molecule has 0 saturated heterocycles. The van der Waals surface area contributed by atoms with Gasteiger partial charge in [-0.15, -0.1) is 0 Å². The third-order valence-corrected chi connectivity index (χ3v) is 8.17. The molecule has 12 heteroatoms. The van der Waals surface area contributed by atoms with Crippen molar-refractivity contribution in [3.8, 4) is 0 Å². The van der Waals surface area contributed by atoms with E-state index in [0.717, 1.165) is 12.8 Å². The van der Waals surface area contributed by atoms with Crippen molar-refractivity contribution in [3.63, 3.8) is 0 Å². The summed E-state index contributed by atoms with van der Waals surface area (Å²) in [7, 11) is -4.23. The fourth-order valence-electron chi connectivity index (χ4n) is 5.33. The first kappa shape index (κ1) is 35.5. The van der Waals surface area contributed by atoms with E-state index in [1.165, 1.54) is 81.6 Å². The molecule has 0 fully saturated rings. The highest BCUT2D eigenvalue weighted by Gasteiger charge is 2.32. The van der Waals surface area contributed by atoms with Crippen LogP contribution < -0.4 is 21.1 Å². The van der Waals surface area contributed by atoms with Crippen LogP contribution in [-0.2, 0) is 14.0 Å². The van der Waals surface area contributed by atoms with Crippen LogP contribution in [0.15, 0.2) is 4.79 Å². The number of nitrogens with two attached hydrogens (primary N) is 1. The van der Waals surface area contributed by atoms with Crippen LogP contribution in [0.25, 0.3) is 0 Å². The fourth-order valence-corrected chi connectivity index (χ4v) is 5.70. The van der Waals surface area contributed by atoms with Crippen LogP contribution in [0.4, 0.5) is 17.5 Å². The third-order valence-electron chi connectivity index (χ3n) is 7.65. The molecule has 4 N–H and O–H groups in total. The first-order valence-corrected chi connectivity index (χ1v) is 17.7. The van der Waals surface area contributed by atoms with Gasteiger partial charge in [0.2, 0.25) is 5.95 Å². The van der Waals surface area contributed by atoms with Crippen LogP contribution in [0, 0.1) is 0 Å². The van der Waals surface area contributed by atoms with Gasteiger partial charge in [-0.05, 0) is 19.8 Å². The highest BCUT2D eigenvalue weighted by Crippen LogP contribution is 2.35. The van der Waals surface area contributed by atoms with Gasteiger partial charge < -0.3 is 34.8 Å². The molecule has 0 bridgehead atoms. The number of nitrogens with zero attached hydrogens (tertiary/aromatic N) is 4. The summed E-state index contributed by atoms with van der Waals surface area (Å²) in [6.45, 7) is 8.20. The largest absolute Gasteiger partial charge is 0.369 e. The summed E-state index contributed by atoms with van der Waals surface area (Å²) < 4.78 is 23.7. The van der Waals surface area contributed by atoms with Gasteiger partial charge in [0.1, 0.15) is 18.3 Å². The summed E-state index contributed by atoms with van der Waals surface area (Å²) in [6, 6.07) is 0. The highest BCUT2D eigenvalue weighted by molar-refractivity contribution is 7.51. The molecular weight excluding hydrogens is 545 g/mol. The minimum absolute atomic E-state index is 0.0899. The molecule has 1 atom stereocenters. The van der Waals surface area contributed by atoms with E-state index in [2.05, 4.69) is 11.9 Å². The van der Waals surface area contributed by atoms with Crippen molar-refractivity contribution >= 4 is 25.0 Å². The van der Waals surface area contributed by atoms with Gasteiger partial charge in [-0.2, -0.15) is 4.98 Å². The lowest BCUT2D eigenvalue weighted by molar-refractivity contribution is -0.00331. The second-order valence-electron chi connectivity index (χ2n) is 11.1. The molecule has 41 heavy (non-hydrogen) atoms. The van der Waals surface area contributed by atoms with Gasteiger partial charge in [0.05, 0.1) is 13.3 Å². The molecule has 0 saturated carbocycles. The lowest BCUT2D eigenvalue weighted by Gasteiger charge is -2.22. The average molecular weight is 602 g/mol. The highest BCUT2D eigenvalue weighted by atomic mass is 31.2. The molecule has 2 rings (SSSR count). The maximum absolute atomic E-state index is 13.6. The Hall–Kier alpha value is -1.65. The van der Waals surface area contributed by atoms with E-state index in [-0.39, 0.29) is 18.1 Å². The number of hydrogen-bond donors (Lipinski definition) is 3. The van der Waals surface area contributed by atoms with Gasteiger partial charge in [-0.3, -0.25) is 13.9 Å². The van der Waals surface area contributed by atoms with E-state index in [9.17, 15) is 9.36 Å². The van der Waals surface area contributed by atoms with Gasteiger partial charge in [-0.25, -0.2) is 0 Å². The van der Waals surface area contributed by atoms with Gasteiger partial charge >= 0.3 is 7.60 Å². The number of fused-ring (bicyclic) bond motifs is 1. The summed E-state index contributed by atoms with van der Waals surface area (Å²) in [4.78, 5) is 39.9. The molecular formula is C29H56N5O6P. The fraction of sp³-hybridized carbons (Fsp3) is 0.862. The molecule has 0 spiro atoms. The third kappa shape index (κ3) is 12.6. The van der Waals surface area contributed by atoms with E-state index in [4.69, 9.17) is 25.0 Å². The lowest BCUT2D eigenvalue weighted by Crippen LogP contribution is -2.35. The predicted molar refractivity (Wildman–Crippen MR) is 167 cm³/mol. The van der Waals surface area contributed by atoms with E-state index in [1.807, 2.05) is 23.6 Å². The number of aromatic nitrogens is 2. The topological polar surface area (TPSA) is 143 Å². The SMILES string of the molecule is CCCCCCCCCCCCCCCCOC(CC)n1c(N)nc2c(c1=O)N(CC)CN2CCOCP(=O)(O)O. The van der Waals surface area contributed by atoms with Gasteiger partial charge in [0.25, 0.3) is 5.56 Å². The van der Waals surface area contributed by atoms with Gasteiger partial charge in [0, 0.05) is 19.7 Å². The average Bonchev–Trinajstić information content (AvgIpc) is 3.29. The van der Waals surface area contributed by atoms with Crippen molar-refractivity contribution < 1.29 is 23.8 Å². The summed E-state index contributed by atoms with van der Waals surface area (Å²) in [5.74, 6) is 0.563. The van der Waals surface area contributed by atoms with E-state index in [0.29, 0.717) is 44.3 Å². The Morgan fingerprint density at radius 2 is 1.44 bits per heavy atom. The Balaban J connectivity index is 1.76. The smallest absolute Gasteiger partial charge is 0.350 e. The zero-order valence-corrected chi connectivity index (χ0v) is 26.7. The second kappa shape index (κ2) is 19.5. The van der Waals surface area contributed by atoms with Crippen LogP contribution in [0.3, 0.4) is 0 Å². The molecule has 0 aromatic carbocycles. The summed E-state index contributed by atoms with van der Waals surface area (Å²) >= 11 is 0. The zero-order valence-electron chi connectivity index (χ0n) is 25.8. The van der Waals surface area contributed by atoms with Gasteiger partial charge in [0.15, 0.2) is 5.82 Å². The minimum atomic E-state index is -4.23. The molecule has 11 nitrogen and oxygen atoms in total. The van der Waals surface area contributed by atoms with Crippen molar-refractivity contribution in [2.45, 2.75) is 123 Å². The molecule has 1 unspecified atom stereocenters. The standard InChI is InChI=1S/C29H56N5O6P/c1-4-7-8-9-10-11-12-13-14-15-16-17-18-19-21-40-25(5-2)34-28(35)26-27(31-29(34)30)33(23-32(26)6-3)20-22-39-24-41(36,37)38/h25H,4-24H2,1-3H3,(H2,30,31)(H2,36,37,38). The molecule has 238 valence electrons. The molecule has 1 aliphatic heterocycles. The summed E-state index contributed by atoms with van der Waals surface area (Å²) in [5, 5.41) is 0. The Morgan fingerprint density at radius 1 is 0.878 bits per heavy atom. The number of anilines is 3. The molecule has 1 aromatic rings. The maximum Gasteiger partial charge on any atom is 0.350 e. The van der Waals surface area contributed by atoms with Crippen LogP contribution in [0.5, 0.6) is 0 Å². The molecule has 1 aromatic heterocycles. The Bertz CT molecular complexity index is 972. The van der Waals surface area contributed by atoms with E-state index in [1.54, 1.807) is 0 Å². The second-order valence-corrected chi connectivity index (χ2v) is 12.7. The minimum Gasteiger partial charge on any atom is -0.369 e. The van der Waals surface area contributed by atoms with Crippen molar-refractivity contribution in [1.29, 1.82) is 0 Å². The summed E-state index contributed by atoms with van der Waals surface area (Å²) in [6.07, 6.45) is 17.7. The number of rotatable bonds is 24. The number of hydrogen-bond acceptors (Lipinski definition) is 8. The maximum atomic E-state index is 13.6. The van der Waals surface area contributed by atoms with Crippen LogP contribution >= 0.6 is 7.60 Å². The quantitative estimate of drug-likeness (QED) is 0.0955. The predicted octanol–water partition coefficient (Wildman–Crippen LogP) is 5.99. The molecule has 2 heterocycles. The van der Waals surface area contributed by atoms with Crippen molar-refractivity contribution in [3.05, 3.63) is 10.4 Å². The van der Waals surface area contributed by atoms with Crippen molar-refractivity contribution in [1.82, 2.24) is 9.55 Å². The number of nitrogen functional groups attached to an aromatic ring is 1. The first-order valence-electron chi connectivity index (χ1n) is 15.9. The van der Waals surface area contributed by atoms with Crippen LogP contribution in [0.2, 0.25) is 0 Å². The van der Waals surface area contributed by atoms with Crippen LogP contribution in [0.1, 0.15) is 123 Å². The Kier molecular flexibility index (Phi) is 16.9. The van der Waals surface area contributed by atoms with Crippen LogP contribution in [-0.4, -0.2) is 58.7 Å². The van der Waals surface area contributed by atoms with Crippen molar-refractivity contribution in [2.75, 3.05) is 54.9 Å². The first-order chi connectivity index (χ1) is 19.7. The van der Waals surface area contributed by atoms with Gasteiger partial charge in [-0.1, -0.05) is 97.3 Å². The van der Waals surface area contributed by atoms with Crippen molar-refractivity contribution in [2.24, 2.45) is 0 Å². The lowest BCUT2D eigenvalue weighted by atomic mass is 10.0. The number of unbranched alkanes of at least 4 members (excludes halogenated alkanes) is 13. The zero-order chi connectivity index (χ0) is 30.1. The summed E-state index contributed by atoms with van der Waals surface area (Å²) in [5.41, 5.74) is 6.51. The number of ether oxygens (including phenoxy) is 2. The normalized spacial score (nSPS) is 14.2. The molecule has 0 amide bonds. The Morgan fingerprint density at radius 3 is 1.95 bits per heavy atom. The van der Waals surface area contributed by atoms with E-state index >= 15 is 0 Å². The Labute approximate surface area is 246 Å². The molecule has 0 radical (unpaired) electrons. The van der Waals surface area contributed by atoms with E-state index < -0.39 is 20.2 Å².